The number of amides is 1. The first-order valence-electron chi connectivity index (χ1n) is 6.47. The van der Waals surface area contributed by atoms with E-state index in [1.165, 1.54) is 0 Å². The molecule has 0 bridgehead atoms. The van der Waals surface area contributed by atoms with Gasteiger partial charge in [-0.2, -0.15) is 0 Å². The highest BCUT2D eigenvalue weighted by Gasteiger charge is 2.18. The minimum atomic E-state index is -0.118. The summed E-state index contributed by atoms with van der Waals surface area (Å²) >= 11 is 9.45. The molecule has 0 unspecified atom stereocenters. The Kier molecular flexibility index (Phi) is 3.83. The molecule has 0 aliphatic carbocycles. The number of rotatable bonds is 2. The Labute approximate surface area is 135 Å². The highest BCUT2D eigenvalue weighted by molar-refractivity contribution is 9.10. The van der Waals surface area contributed by atoms with Gasteiger partial charge in [0.25, 0.3) is 0 Å². The van der Waals surface area contributed by atoms with E-state index in [2.05, 4.69) is 21.2 Å². The van der Waals surface area contributed by atoms with Crippen molar-refractivity contribution in [3.8, 4) is 0 Å². The van der Waals surface area contributed by atoms with Crippen molar-refractivity contribution in [3.63, 3.8) is 0 Å². The van der Waals surface area contributed by atoms with Gasteiger partial charge in [0.2, 0.25) is 5.91 Å². The van der Waals surface area contributed by atoms with Crippen molar-refractivity contribution in [2.24, 2.45) is 0 Å². The molecule has 1 aliphatic heterocycles. The molecule has 3 rings (SSSR count). The molecule has 2 aromatic rings. The average Bonchev–Trinajstić information content (AvgIpc) is 2.46. The Balaban J connectivity index is 1.97. The van der Waals surface area contributed by atoms with Crippen molar-refractivity contribution in [2.45, 2.75) is 12.8 Å². The van der Waals surface area contributed by atoms with Gasteiger partial charge in [0, 0.05) is 27.7 Å². The molecule has 1 amide bonds. The number of carbonyl (C=O) groups is 2. The molecular weight excluding hydrogens is 354 g/mol. The number of aryl methyl sites for hydroxylation is 1. The van der Waals surface area contributed by atoms with Gasteiger partial charge in [-0.05, 0) is 48.4 Å². The Morgan fingerprint density at radius 1 is 1.14 bits per heavy atom. The zero-order chi connectivity index (χ0) is 15.0. The van der Waals surface area contributed by atoms with Crippen molar-refractivity contribution in [1.29, 1.82) is 0 Å². The fourth-order valence-corrected chi connectivity index (χ4v) is 3.11. The third kappa shape index (κ3) is 2.87. The first-order chi connectivity index (χ1) is 10.0. The van der Waals surface area contributed by atoms with Crippen LogP contribution < -0.4 is 5.32 Å². The van der Waals surface area contributed by atoms with E-state index in [-0.39, 0.29) is 11.7 Å². The Bertz CT molecular complexity index is 758. The molecular formula is C16H11BrClNO2. The zero-order valence-electron chi connectivity index (χ0n) is 11.0. The molecule has 106 valence electrons. The van der Waals surface area contributed by atoms with E-state index >= 15 is 0 Å². The summed E-state index contributed by atoms with van der Waals surface area (Å²) in [5, 5.41) is 3.22. The lowest BCUT2D eigenvalue weighted by Gasteiger charge is -2.17. The van der Waals surface area contributed by atoms with Crippen LogP contribution >= 0.6 is 27.5 Å². The predicted octanol–water partition coefficient (Wildman–Crippen LogP) is 4.22. The van der Waals surface area contributed by atoms with E-state index in [1.54, 1.807) is 30.3 Å². The monoisotopic (exact) mass is 363 g/mol. The minimum absolute atomic E-state index is 0.0116. The van der Waals surface area contributed by atoms with Crippen LogP contribution in [0.4, 0.5) is 5.69 Å². The van der Waals surface area contributed by atoms with E-state index in [4.69, 9.17) is 11.6 Å². The quantitative estimate of drug-likeness (QED) is 0.811. The van der Waals surface area contributed by atoms with Gasteiger partial charge in [-0.25, -0.2) is 0 Å². The lowest BCUT2D eigenvalue weighted by Crippen LogP contribution is -2.19. The summed E-state index contributed by atoms with van der Waals surface area (Å²) in [6.45, 7) is 0. The van der Waals surface area contributed by atoms with Crippen LogP contribution in [-0.2, 0) is 11.2 Å². The maximum Gasteiger partial charge on any atom is 0.224 e. The summed E-state index contributed by atoms with van der Waals surface area (Å²) in [4.78, 5) is 23.9. The molecule has 1 aliphatic rings. The van der Waals surface area contributed by atoms with Gasteiger partial charge in [-0.1, -0.05) is 27.5 Å². The molecule has 0 saturated carbocycles. The number of fused-ring (bicyclic) bond motifs is 1. The maximum absolute atomic E-state index is 12.5. The molecule has 5 heteroatoms. The standard InChI is InChI=1S/C16H11BrClNO2/c17-11-3-4-12(13(18)8-11)16(21)10-1-5-14-9(7-10)2-6-15(20)19-14/h1,3-5,7-8H,2,6H2,(H,19,20). The summed E-state index contributed by atoms with van der Waals surface area (Å²) in [6.07, 6.45) is 1.10. The number of hydrogen-bond acceptors (Lipinski definition) is 2. The van der Waals surface area contributed by atoms with Gasteiger partial charge in [0.05, 0.1) is 5.02 Å². The summed E-state index contributed by atoms with van der Waals surface area (Å²) in [5.41, 5.74) is 2.81. The van der Waals surface area contributed by atoms with Crippen LogP contribution in [0.15, 0.2) is 40.9 Å². The molecule has 1 heterocycles. The van der Waals surface area contributed by atoms with Crippen LogP contribution in [0, 0.1) is 0 Å². The minimum Gasteiger partial charge on any atom is -0.326 e. The first kappa shape index (κ1) is 14.3. The highest BCUT2D eigenvalue weighted by atomic mass is 79.9. The summed E-state index contributed by atoms with van der Waals surface area (Å²) in [6, 6.07) is 10.5. The zero-order valence-corrected chi connectivity index (χ0v) is 13.3. The fourth-order valence-electron chi connectivity index (χ4n) is 2.35. The normalized spacial score (nSPS) is 13.5. The fraction of sp³-hybridized carbons (Fsp3) is 0.125. The van der Waals surface area contributed by atoms with Crippen LogP contribution in [0.25, 0.3) is 0 Å². The number of ketones is 1. The SMILES string of the molecule is O=C1CCc2cc(C(=O)c3ccc(Br)cc3Cl)ccc2N1. The second-order valence-electron chi connectivity index (χ2n) is 4.87. The van der Waals surface area contributed by atoms with E-state index in [1.807, 2.05) is 6.07 Å². The highest BCUT2D eigenvalue weighted by Crippen LogP contribution is 2.27. The topological polar surface area (TPSA) is 46.2 Å². The lowest BCUT2D eigenvalue weighted by molar-refractivity contribution is -0.116. The Morgan fingerprint density at radius 2 is 1.95 bits per heavy atom. The summed E-state index contributed by atoms with van der Waals surface area (Å²) < 4.78 is 0.831. The molecule has 0 fully saturated rings. The van der Waals surface area contributed by atoms with Gasteiger partial charge in [0.1, 0.15) is 0 Å². The number of anilines is 1. The van der Waals surface area contributed by atoms with Gasteiger partial charge < -0.3 is 5.32 Å². The first-order valence-corrected chi connectivity index (χ1v) is 7.64. The van der Waals surface area contributed by atoms with E-state index in [0.29, 0.717) is 29.0 Å². The summed E-state index contributed by atoms with van der Waals surface area (Å²) in [5.74, 6) is -0.107. The van der Waals surface area contributed by atoms with Crippen LogP contribution in [-0.4, -0.2) is 11.7 Å². The summed E-state index contributed by atoms with van der Waals surface area (Å²) in [7, 11) is 0. The molecule has 0 saturated heterocycles. The molecule has 0 aromatic heterocycles. The molecule has 3 nitrogen and oxygen atoms in total. The number of hydrogen-bond donors (Lipinski definition) is 1. The second-order valence-corrected chi connectivity index (χ2v) is 6.20. The lowest BCUT2D eigenvalue weighted by atomic mass is 9.96. The molecule has 1 N–H and O–H groups in total. The van der Waals surface area contributed by atoms with Crippen LogP contribution in [0.5, 0.6) is 0 Å². The third-order valence-electron chi connectivity index (χ3n) is 3.44. The van der Waals surface area contributed by atoms with Crippen LogP contribution in [0.2, 0.25) is 5.02 Å². The number of nitrogens with one attached hydrogen (secondary N) is 1. The Morgan fingerprint density at radius 3 is 2.71 bits per heavy atom. The van der Waals surface area contributed by atoms with Gasteiger partial charge >= 0.3 is 0 Å². The van der Waals surface area contributed by atoms with Crippen molar-refractivity contribution in [1.82, 2.24) is 0 Å². The third-order valence-corrected chi connectivity index (χ3v) is 4.24. The van der Waals surface area contributed by atoms with E-state index < -0.39 is 0 Å². The van der Waals surface area contributed by atoms with Gasteiger partial charge in [-0.15, -0.1) is 0 Å². The smallest absolute Gasteiger partial charge is 0.224 e. The number of halogens is 2. The van der Waals surface area contributed by atoms with Gasteiger partial charge in [-0.3, -0.25) is 9.59 Å². The van der Waals surface area contributed by atoms with Gasteiger partial charge in [0.15, 0.2) is 5.78 Å². The maximum atomic E-state index is 12.5. The predicted molar refractivity (Wildman–Crippen MR) is 86.0 cm³/mol. The van der Waals surface area contributed by atoms with Crippen molar-refractivity contribution in [2.75, 3.05) is 5.32 Å². The molecule has 2 aromatic carbocycles. The van der Waals surface area contributed by atoms with Crippen LogP contribution in [0.1, 0.15) is 27.9 Å². The second kappa shape index (κ2) is 5.62. The Hall–Kier alpha value is -1.65. The largest absolute Gasteiger partial charge is 0.326 e. The van der Waals surface area contributed by atoms with Crippen LogP contribution in [0.3, 0.4) is 0 Å². The molecule has 0 radical (unpaired) electrons. The van der Waals surface area contributed by atoms with E-state index in [9.17, 15) is 9.59 Å². The number of benzene rings is 2. The number of carbonyl (C=O) groups excluding carboxylic acids is 2. The van der Waals surface area contributed by atoms with E-state index in [0.717, 1.165) is 15.7 Å². The molecule has 21 heavy (non-hydrogen) atoms. The molecule has 0 atom stereocenters. The van der Waals surface area contributed by atoms with Crippen molar-refractivity contribution >= 4 is 44.9 Å². The average molecular weight is 365 g/mol. The van der Waals surface area contributed by atoms with Crippen molar-refractivity contribution < 1.29 is 9.59 Å². The molecule has 0 spiro atoms. The van der Waals surface area contributed by atoms with Crippen molar-refractivity contribution in [3.05, 3.63) is 62.6 Å².